The highest BCUT2D eigenvalue weighted by Gasteiger charge is 2.66. The molecule has 0 bridgehead atoms. The van der Waals surface area contributed by atoms with Crippen molar-refractivity contribution in [3.05, 3.63) is 11.6 Å². The van der Waals surface area contributed by atoms with E-state index in [1.807, 2.05) is 6.92 Å². The van der Waals surface area contributed by atoms with Gasteiger partial charge in [-0.2, -0.15) is 0 Å². The standard InChI is InChI=1S/C20H28O5/c1-19-9-16(23)18-13-5-3-12(22)8-11(13)2-4-14(18)15(19)6-7-20(19,25)17(24)10-21/h8,13-16,18,21,23,25H,2-7,9-10H2,1H3. The van der Waals surface area contributed by atoms with E-state index >= 15 is 0 Å². The molecule has 7 atom stereocenters. The summed E-state index contributed by atoms with van der Waals surface area (Å²) >= 11 is 0. The molecule has 3 N–H and O–H groups in total. The summed E-state index contributed by atoms with van der Waals surface area (Å²) in [6.07, 6.45) is 5.88. The lowest BCUT2D eigenvalue weighted by atomic mass is 9.49. The Morgan fingerprint density at radius 2 is 2.04 bits per heavy atom. The molecule has 0 saturated heterocycles. The lowest BCUT2D eigenvalue weighted by Crippen LogP contribution is -2.60. The molecule has 0 radical (unpaired) electrons. The second kappa shape index (κ2) is 5.73. The third-order valence-corrected chi connectivity index (χ3v) is 8.03. The Hall–Kier alpha value is -1.04. The minimum Gasteiger partial charge on any atom is -0.393 e. The number of carbonyl (C=O) groups excluding carboxylic acids is 2. The zero-order chi connectivity index (χ0) is 18.0. The van der Waals surface area contributed by atoms with Crippen molar-refractivity contribution < 1.29 is 24.9 Å². The molecule has 0 heterocycles. The van der Waals surface area contributed by atoms with E-state index in [1.165, 1.54) is 5.57 Å². The van der Waals surface area contributed by atoms with Crippen LogP contribution in [0.15, 0.2) is 11.6 Å². The second-order valence-electron chi connectivity index (χ2n) is 8.89. The molecule has 138 valence electrons. The molecule has 0 aromatic carbocycles. The molecule has 3 fully saturated rings. The van der Waals surface area contributed by atoms with E-state index in [4.69, 9.17) is 0 Å². The van der Waals surface area contributed by atoms with Crippen LogP contribution in [0.25, 0.3) is 0 Å². The zero-order valence-electron chi connectivity index (χ0n) is 14.8. The molecule has 25 heavy (non-hydrogen) atoms. The van der Waals surface area contributed by atoms with Gasteiger partial charge >= 0.3 is 0 Å². The largest absolute Gasteiger partial charge is 0.393 e. The topological polar surface area (TPSA) is 94.8 Å². The van der Waals surface area contributed by atoms with Gasteiger partial charge in [0.2, 0.25) is 0 Å². The summed E-state index contributed by atoms with van der Waals surface area (Å²) in [4.78, 5) is 24.1. The maximum absolute atomic E-state index is 12.3. The maximum atomic E-state index is 12.3. The van der Waals surface area contributed by atoms with E-state index in [0.29, 0.717) is 19.3 Å². The average Bonchev–Trinajstić information content (AvgIpc) is 2.85. The summed E-state index contributed by atoms with van der Waals surface area (Å²) in [5, 5.41) is 31.5. The fourth-order valence-electron chi connectivity index (χ4n) is 6.85. The number of ketones is 2. The number of hydrogen-bond acceptors (Lipinski definition) is 5. The van der Waals surface area contributed by atoms with Crippen LogP contribution in [0, 0.1) is 29.1 Å². The van der Waals surface area contributed by atoms with Gasteiger partial charge in [-0.15, -0.1) is 0 Å². The van der Waals surface area contributed by atoms with Crippen LogP contribution in [0.3, 0.4) is 0 Å². The molecule has 4 rings (SSSR count). The van der Waals surface area contributed by atoms with Crippen molar-refractivity contribution in [2.45, 2.75) is 63.6 Å². The summed E-state index contributed by atoms with van der Waals surface area (Å²) in [5.41, 5.74) is -1.02. The predicted octanol–water partition coefficient (Wildman–Crippen LogP) is 1.39. The predicted molar refractivity (Wildman–Crippen MR) is 90.5 cm³/mol. The van der Waals surface area contributed by atoms with Gasteiger partial charge < -0.3 is 15.3 Å². The first-order valence-corrected chi connectivity index (χ1v) is 9.60. The Balaban J connectivity index is 1.69. The lowest BCUT2D eigenvalue weighted by Gasteiger charge is -2.57. The Bertz CT molecular complexity index is 640. The first-order valence-electron chi connectivity index (χ1n) is 9.60. The van der Waals surface area contributed by atoms with E-state index < -0.39 is 29.5 Å². The quantitative estimate of drug-likeness (QED) is 0.701. The molecule has 5 nitrogen and oxygen atoms in total. The zero-order valence-corrected chi connectivity index (χ0v) is 14.8. The van der Waals surface area contributed by atoms with E-state index in [1.54, 1.807) is 6.08 Å². The van der Waals surface area contributed by atoms with E-state index in [2.05, 4.69) is 0 Å². The van der Waals surface area contributed by atoms with E-state index in [9.17, 15) is 24.9 Å². The van der Waals surface area contributed by atoms with Crippen molar-refractivity contribution in [3.8, 4) is 0 Å². The molecule has 3 saturated carbocycles. The van der Waals surface area contributed by atoms with Crippen molar-refractivity contribution in [2.75, 3.05) is 6.61 Å². The van der Waals surface area contributed by atoms with Crippen molar-refractivity contribution in [1.82, 2.24) is 0 Å². The van der Waals surface area contributed by atoms with Crippen LogP contribution < -0.4 is 0 Å². The molecular weight excluding hydrogens is 320 g/mol. The highest BCUT2D eigenvalue weighted by Crippen LogP contribution is 2.64. The molecule has 0 aromatic rings. The van der Waals surface area contributed by atoms with Crippen LogP contribution >= 0.6 is 0 Å². The maximum Gasteiger partial charge on any atom is 0.190 e. The summed E-state index contributed by atoms with van der Waals surface area (Å²) in [6.45, 7) is 1.27. The number of fused-ring (bicyclic) bond motifs is 5. The average molecular weight is 348 g/mol. The second-order valence-corrected chi connectivity index (χ2v) is 8.89. The van der Waals surface area contributed by atoms with E-state index in [-0.39, 0.29) is 29.5 Å². The molecule has 0 aliphatic heterocycles. The van der Waals surface area contributed by atoms with Crippen molar-refractivity contribution >= 4 is 11.6 Å². The molecule has 0 spiro atoms. The Kier molecular flexibility index (Phi) is 3.98. The van der Waals surface area contributed by atoms with Gasteiger partial charge in [0.25, 0.3) is 0 Å². The normalized spacial score (nSPS) is 49.0. The fraction of sp³-hybridized carbons (Fsp3) is 0.800. The highest BCUT2D eigenvalue weighted by atomic mass is 16.3. The first-order chi connectivity index (χ1) is 11.8. The van der Waals surface area contributed by atoms with Crippen LogP contribution in [-0.2, 0) is 9.59 Å². The fourth-order valence-corrected chi connectivity index (χ4v) is 6.85. The molecular formula is C20H28O5. The van der Waals surface area contributed by atoms with Crippen LogP contribution in [0.2, 0.25) is 0 Å². The van der Waals surface area contributed by atoms with Gasteiger partial charge in [-0.1, -0.05) is 12.5 Å². The van der Waals surface area contributed by atoms with Gasteiger partial charge in [0, 0.05) is 11.8 Å². The number of allylic oxidation sites excluding steroid dienone is 1. The van der Waals surface area contributed by atoms with Gasteiger partial charge in [-0.25, -0.2) is 0 Å². The summed E-state index contributed by atoms with van der Waals surface area (Å²) in [7, 11) is 0. The number of Topliss-reactive ketones (excluding diaryl/α,β-unsaturated/α-hetero) is 1. The van der Waals surface area contributed by atoms with Gasteiger partial charge in [-0.3, -0.25) is 9.59 Å². The van der Waals surface area contributed by atoms with Crippen molar-refractivity contribution in [1.29, 1.82) is 0 Å². The molecule has 0 aromatic heterocycles. The molecule has 0 amide bonds. The summed E-state index contributed by atoms with van der Waals surface area (Å²) < 4.78 is 0. The van der Waals surface area contributed by atoms with Crippen LogP contribution in [0.4, 0.5) is 0 Å². The van der Waals surface area contributed by atoms with Crippen molar-refractivity contribution in [2.24, 2.45) is 29.1 Å². The van der Waals surface area contributed by atoms with Crippen LogP contribution in [0.5, 0.6) is 0 Å². The number of carbonyl (C=O) groups is 2. The minimum atomic E-state index is -1.53. The smallest absolute Gasteiger partial charge is 0.190 e. The van der Waals surface area contributed by atoms with Crippen molar-refractivity contribution in [3.63, 3.8) is 0 Å². The summed E-state index contributed by atoms with van der Waals surface area (Å²) in [6, 6.07) is 0. The summed E-state index contributed by atoms with van der Waals surface area (Å²) in [5.74, 6) is 0.521. The number of rotatable bonds is 2. The third kappa shape index (κ3) is 2.25. The van der Waals surface area contributed by atoms with Crippen LogP contribution in [0.1, 0.15) is 51.9 Å². The number of aliphatic hydroxyl groups is 3. The monoisotopic (exact) mass is 348 g/mol. The van der Waals surface area contributed by atoms with Crippen LogP contribution in [-0.4, -0.2) is 45.2 Å². The minimum absolute atomic E-state index is 0.123. The number of hydrogen-bond donors (Lipinski definition) is 3. The van der Waals surface area contributed by atoms with Gasteiger partial charge in [0.05, 0.1) is 6.10 Å². The number of aliphatic hydroxyl groups excluding tert-OH is 2. The Morgan fingerprint density at radius 3 is 2.76 bits per heavy atom. The Labute approximate surface area is 148 Å². The first kappa shape index (κ1) is 17.4. The molecule has 4 aliphatic carbocycles. The highest BCUT2D eigenvalue weighted by molar-refractivity contribution is 5.91. The SMILES string of the molecule is CC12CC(O)C3C4CCC(=O)C=C4CCC3C1CCC2(O)C(=O)CO. The Morgan fingerprint density at radius 1 is 1.28 bits per heavy atom. The van der Waals surface area contributed by atoms with E-state index in [0.717, 1.165) is 25.7 Å². The molecule has 5 heteroatoms. The van der Waals surface area contributed by atoms with Gasteiger partial charge in [0.1, 0.15) is 12.2 Å². The van der Waals surface area contributed by atoms with Gasteiger partial charge in [-0.05, 0) is 68.3 Å². The lowest BCUT2D eigenvalue weighted by molar-refractivity contribution is -0.175. The van der Waals surface area contributed by atoms with Gasteiger partial charge in [0.15, 0.2) is 11.6 Å². The molecule has 7 unspecified atom stereocenters. The third-order valence-electron chi connectivity index (χ3n) is 8.03. The molecule has 4 aliphatic rings.